The highest BCUT2D eigenvalue weighted by Crippen LogP contribution is 2.34. The molecule has 38 heavy (non-hydrogen) atoms. The Kier molecular flexibility index (Phi) is 7.14. The molecule has 2 aromatic carbocycles. The maximum absolute atomic E-state index is 14.9. The van der Waals surface area contributed by atoms with Gasteiger partial charge in [0, 0.05) is 28.5 Å². The fraction of sp³-hybridized carbons (Fsp3) is 0.273. The summed E-state index contributed by atoms with van der Waals surface area (Å²) in [6, 6.07) is 3.09. The number of alkyl halides is 2. The lowest BCUT2D eigenvalue weighted by Gasteiger charge is -2.36. The second-order valence-corrected chi connectivity index (χ2v) is 9.37. The third-order valence-electron chi connectivity index (χ3n) is 6.47. The van der Waals surface area contributed by atoms with E-state index in [1.165, 1.54) is 12.1 Å². The van der Waals surface area contributed by atoms with E-state index in [1.807, 2.05) is 5.32 Å². The fourth-order valence-corrected chi connectivity index (χ4v) is 4.73. The second-order valence-electron chi connectivity index (χ2n) is 8.93. The summed E-state index contributed by atoms with van der Waals surface area (Å²) in [5.41, 5.74) is -2.79. The standard InChI is InChI=1S/C22H12B6ClF2N3O4/c23-14-11-12(19(37)34(17(11)26)9-5-6-10(35)32-18(9)36)15(24)16(25)13(14)22(27,28)33-20(38)21(30,31)7-1-3-8(29)4-2-7/h1-4,9,17H,5-6H2,(H,33,38)(H,32,35,36). The Morgan fingerprint density at radius 3 is 2.24 bits per heavy atom. The lowest BCUT2D eigenvalue weighted by molar-refractivity contribution is -0.147. The van der Waals surface area contributed by atoms with E-state index in [2.05, 4.69) is 5.32 Å². The first-order chi connectivity index (χ1) is 17.6. The number of carbonyl (C=O) groups excluding carboxylic acids is 4. The van der Waals surface area contributed by atoms with Crippen LogP contribution in [-0.4, -0.2) is 81.6 Å². The van der Waals surface area contributed by atoms with Crippen LogP contribution in [0.15, 0.2) is 24.3 Å². The van der Waals surface area contributed by atoms with Gasteiger partial charge in [0.2, 0.25) is 11.8 Å². The molecule has 2 N–H and O–H groups in total. The summed E-state index contributed by atoms with van der Waals surface area (Å²) in [7, 11) is 36.7. The topological polar surface area (TPSA) is 95.6 Å². The van der Waals surface area contributed by atoms with Crippen LogP contribution >= 0.6 is 11.6 Å². The minimum atomic E-state index is -4.10. The Morgan fingerprint density at radius 2 is 1.66 bits per heavy atom. The van der Waals surface area contributed by atoms with Crippen LogP contribution in [-0.2, 0) is 25.6 Å². The molecule has 2 atom stereocenters. The van der Waals surface area contributed by atoms with Gasteiger partial charge in [0.05, 0.1) is 15.7 Å². The van der Waals surface area contributed by atoms with Gasteiger partial charge in [-0.1, -0.05) is 45.7 Å². The average Bonchev–Trinajstić information content (AvgIpc) is 3.08. The van der Waals surface area contributed by atoms with E-state index in [0.29, 0.717) is 0 Å². The fourth-order valence-electron chi connectivity index (χ4n) is 4.61. The van der Waals surface area contributed by atoms with Crippen LogP contribution in [0.5, 0.6) is 0 Å². The first-order valence-electron chi connectivity index (χ1n) is 11.1. The van der Waals surface area contributed by atoms with Crippen molar-refractivity contribution in [1.29, 1.82) is 0 Å². The van der Waals surface area contributed by atoms with E-state index in [-0.39, 0.29) is 29.0 Å². The number of halogens is 3. The van der Waals surface area contributed by atoms with Gasteiger partial charge in [0.25, 0.3) is 11.8 Å². The lowest BCUT2D eigenvalue weighted by atomic mass is 9.51. The van der Waals surface area contributed by atoms with Crippen LogP contribution in [0.25, 0.3) is 0 Å². The first-order valence-corrected chi connectivity index (χ1v) is 11.4. The van der Waals surface area contributed by atoms with Gasteiger partial charge in [-0.15, -0.1) is 0 Å². The summed E-state index contributed by atoms with van der Waals surface area (Å²) in [6.07, 6.45) is -0.0715. The molecule has 1 saturated heterocycles. The molecule has 2 aromatic rings. The summed E-state index contributed by atoms with van der Waals surface area (Å²) in [4.78, 5) is 50.8. The van der Waals surface area contributed by atoms with E-state index in [1.54, 1.807) is 0 Å². The molecule has 2 aliphatic rings. The Labute approximate surface area is 229 Å². The average molecular weight is 521 g/mol. The molecular formula is C22H12B6ClF2N3O4. The van der Waals surface area contributed by atoms with Crippen molar-refractivity contribution >= 4 is 98.7 Å². The highest BCUT2D eigenvalue weighted by molar-refractivity contribution is 6.57. The number of benzene rings is 2. The summed E-state index contributed by atoms with van der Waals surface area (Å²) in [6.45, 7) is 0. The molecule has 7 nitrogen and oxygen atoms in total. The number of piperidine rings is 1. The van der Waals surface area contributed by atoms with Crippen molar-refractivity contribution in [3.05, 3.63) is 51.5 Å². The largest absolute Gasteiger partial charge is 0.358 e. The number of fused-ring (bicyclic) bond motifs is 1. The zero-order valence-electron chi connectivity index (χ0n) is 19.6. The van der Waals surface area contributed by atoms with Gasteiger partial charge in [-0.2, -0.15) is 8.78 Å². The van der Waals surface area contributed by atoms with Crippen molar-refractivity contribution in [2.75, 3.05) is 0 Å². The third-order valence-corrected chi connectivity index (χ3v) is 6.73. The SMILES string of the molecule is [B]c1c([B])c(C([B])([B])NC(=O)C(F)(F)c2ccc(Cl)cc2)c([B])c2c1C(=O)N(C1CCC(=O)NC1=O)C2[B]. The number of imide groups is 1. The number of amides is 4. The maximum Gasteiger partial charge on any atom is 0.349 e. The van der Waals surface area contributed by atoms with Crippen molar-refractivity contribution < 1.29 is 28.0 Å². The molecule has 0 bridgehead atoms. The van der Waals surface area contributed by atoms with Crippen molar-refractivity contribution in [1.82, 2.24) is 15.5 Å². The van der Waals surface area contributed by atoms with Crippen LogP contribution in [0.3, 0.4) is 0 Å². The van der Waals surface area contributed by atoms with E-state index < -0.39 is 74.4 Å². The van der Waals surface area contributed by atoms with Gasteiger partial charge in [0.15, 0.2) is 0 Å². The zero-order chi connectivity index (χ0) is 28.3. The Morgan fingerprint density at radius 1 is 1.05 bits per heavy atom. The quantitative estimate of drug-likeness (QED) is 0.337. The molecule has 0 saturated carbocycles. The molecule has 178 valence electrons. The molecule has 4 rings (SSSR count). The molecule has 4 amide bonds. The molecular weight excluding hydrogens is 509 g/mol. The number of rotatable bonds is 5. The minimum Gasteiger partial charge on any atom is -0.358 e. The smallest absolute Gasteiger partial charge is 0.349 e. The Bertz CT molecular complexity index is 1390. The van der Waals surface area contributed by atoms with Crippen LogP contribution in [0.4, 0.5) is 8.78 Å². The molecule has 2 aliphatic heterocycles. The number of carbonyl (C=O) groups is 4. The molecule has 2 heterocycles. The predicted octanol–water partition coefficient (Wildman–Crippen LogP) is -2.49. The third kappa shape index (κ3) is 4.48. The Balaban J connectivity index is 1.73. The van der Waals surface area contributed by atoms with Crippen LogP contribution in [0, 0.1) is 0 Å². The van der Waals surface area contributed by atoms with Gasteiger partial charge in [-0.3, -0.25) is 24.5 Å². The number of hydrogen-bond acceptors (Lipinski definition) is 4. The van der Waals surface area contributed by atoms with Crippen LogP contribution in [0.1, 0.15) is 45.8 Å². The van der Waals surface area contributed by atoms with Crippen LogP contribution in [0.2, 0.25) is 5.02 Å². The normalized spacial score (nSPS) is 19.8. The van der Waals surface area contributed by atoms with Crippen molar-refractivity contribution in [3.63, 3.8) is 0 Å². The molecule has 0 spiro atoms. The summed E-state index contributed by atoms with van der Waals surface area (Å²) >= 11 is 5.72. The molecule has 1 fully saturated rings. The van der Waals surface area contributed by atoms with Crippen molar-refractivity contribution in [3.8, 4) is 0 Å². The minimum absolute atomic E-state index is 0.0200. The molecule has 0 aliphatic carbocycles. The highest BCUT2D eigenvalue weighted by atomic mass is 35.5. The maximum atomic E-state index is 14.9. The first kappa shape index (κ1) is 28.1. The summed E-state index contributed by atoms with van der Waals surface area (Å²) in [5, 5.41) is 1.49. The molecule has 16 heteroatoms. The highest BCUT2D eigenvalue weighted by Gasteiger charge is 2.47. The lowest BCUT2D eigenvalue weighted by Crippen LogP contribution is -2.58. The van der Waals surface area contributed by atoms with Gasteiger partial charge in [-0.05, 0) is 29.5 Å². The second kappa shape index (κ2) is 9.67. The monoisotopic (exact) mass is 521 g/mol. The number of nitrogens with zero attached hydrogens (tertiary/aromatic N) is 1. The van der Waals surface area contributed by atoms with Crippen molar-refractivity contribution in [2.45, 2.75) is 36.1 Å². The van der Waals surface area contributed by atoms with Gasteiger partial charge < -0.3 is 10.2 Å². The van der Waals surface area contributed by atoms with Gasteiger partial charge in [0.1, 0.15) is 37.4 Å². The number of hydrogen-bond donors (Lipinski definition) is 2. The summed E-state index contributed by atoms with van der Waals surface area (Å²) in [5.74, 6) is -9.45. The van der Waals surface area contributed by atoms with Gasteiger partial charge >= 0.3 is 5.92 Å². The summed E-state index contributed by atoms with van der Waals surface area (Å²) < 4.78 is 29.8. The van der Waals surface area contributed by atoms with E-state index >= 15 is 0 Å². The molecule has 0 aromatic heterocycles. The predicted molar refractivity (Wildman–Crippen MR) is 140 cm³/mol. The Hall–Kier alpha value is -2.94. The van der Waals surface area contributed by atoms with Gasteiger partial charge in [-0.25, -0.2) is 0 Å². The van der Waals surface area contributed by atoms with E-state index in [4.69, 9.17) is 58.7 Å². The van der Waals surface area contributed by atoms with E-state index in [0.717, 1.165) is 17.0 Å². The molecule has 12 radical (unpaired) electrons. The molecule has 2 unspecified atom stereocenters. The van der Waals surface area contributed by atoms with E-state index in [9.17, 15) is 28.0 Å². The zero-order valence-corrected chi connectivity index (χ0v) is 20.3. The number of nitrogens with one attached hydrogen (secondary N) is 2. The van der Waals surface area contributed by atoms with Crippen molar-refractivity contribution in [2.24, 2.45) is 0 Å². The van der Waals surface area contributed by atoms with Crippen LogP contribution < -0.4 is 27.0 Å².